The lowest BCUT2D eigenvalue weighted by molar-refractivity contribution is -0.145. The average Bonchev–Trinajstić information content (AvgIpc) is 3.70. The quantitative estimate of drug-likeness (QED) is 0.172. The minimum absolute atomic E-state index is 0. The number of nitrogens with one attached hydrogen (secondary N) is 4. The lowest BCUT2D eigenvalue weighted by Crippen LogP contribution is -2.63. The molecule has 3 heterocycles. The monoisotopic (exact) mass is 864 g/mol. The number of carbonyl (C=O) groups excluding carboxylic acids is 7. The molecule has 61 heavy (non-hydrogen) atoms. The zero-order valence-corrected chi connectivity index (χ0v) is 39.8. The van der Waals surface area contributed by atoms with Crippen LogP contribution >= 0.6 is 0 Å². The molecule has 354 valence electrons. The largest absolute Gasteiger partial charge is 0.357 e. The van der Waals surface area contributed by atoms with Crippen LogP contribution in [-0.4, -0.2) is 134 Å². The van der Waals surface area contributed by atoms with E-state index < -0.39 is 40.4 Å². The van der Waals surface area contributed by atoms with Gasteiger partial charge in [0.2, 0.25) is 29.5 Å². The first-order valence-corrected chi connectivity index (χ1v) is 22.6. The molecule has 0 bridgehead atoms. The summed E-state index contributed by atoms with van der Waals surface area (Å²) >= 11 is 0. The summed E-state index contributed by atoms with van der Waals surface area (Å²) in [6.45, 7) is 31.0. The van der Waals surface area contributed by atoms with Crippen molar-refractivity contribution in [2.45, 2.75) is 151 Å². The van der Waals surface area contributed by atoms with Crippen molar-refractivity contribution in [3.63, 3.8) is 0 Å². The molecule has 0 unspecified atom stereocenters. The fraction of sp³-hybridized carbons (Fsp3) is 0.809. The predicted octanol–water partition coefficient (Wildman–Crippen LogP) is 5.10. The zero-order valence-electron chi connectivity index (χ0n) is 39.8. The van der Waals surface area contributed by atoms with Gasteiger partial charge in [-0.05, 0) is 113 Å². The van der Waals surface area contributed by atoms with E-state index >= 15 is 0 Å². The first kappa shape index (κ1) is 51.7. The van der Waals surface area contributed by atoms with Crippen molar-refractivity contribution in [1.29, 1.82) is 0 Å². The summed E-state index contributed by atoms with van der Waals surface area (Å²) in [5.74, 6) is -1.86. The van der Waals surface area contributed by atoms with Crippen LogP contribution in [0.2, 0.25) is 0 Å². The van der Waals surface area contributed by atoms with E-state index in [1.807, 2.05) is 48.3 Å². The molecule has 5 amide bonds. The van der Waals surface area contributed by atoms with E-state index in [2.05, 4.69) is 65.5 Å². The van der Waals surface area contributed by atoms with Crippen LogP contribution in [0.5, 0.6) is 0 Å². The molecule has 14 nitrogen and oxygen atoms in total. The van der Waals surface area contributed by atoms with Gasteiger partial charge in [-0.1, -0.05) is 74.8 Å². The second kappa shape index (κ2) is 20.2. The van der Waals surface area contributed by atoms with Gasteiger partial charge in [0.15, 0.2) is 0 Å². The van der Waals surface area contributed by atoms with Gasteiger partial charge in [-0.15, -0.1) is 6.58 Å². The number of nitrogens with zero attached hydrogens (tertiary/aromatic N) is 3. The van der Waals surface area contributed by atoms with Crippen molar-refractivity contribution in [2.24, 2.45) is 38.9 Å². The number of hydrogen-bond donors (Lipinski definition) is 4. The van der Waals surface area contributed by atoms with Crippen LogP contribution in [0.15, 0.2) is 12.7 Å². The number of piperidine rings is 1. The standard InChI is InChI=1S/C39H64N6O5.C5H11N.C2H4O.CH2O.4H2/c1-12-25-20-39(25,33(50)40-11)43-30(47)26-21-38(36(9,10)37(38)17-15-18-37)23-45(26)32(49)28(35(6,7)8)42-31(48)27(34(3,4)5)41-29(46)24-16-14-19-44(13-2)22-24;1-6-4-2-3-5-6;1-2-3;1-2;;;;/h12,24-28H,1,13-23H2,2-11H3,(H,40,50)(H,41,46)(H,42,48)(H,43,47);2-5H2,1H3;2H,1H3;1H2;4*1H/t24-,25-,26+,27-,28-,38-,39-;;;;;;;/m1......./s1. The molecule has 0 radical (unpaired) electrons. The minimum Gasteiger partial charge on any atom is -0.357 e. The Hall–Kier alpha value is -3.65. The van der Waals surface area contributed by atoms with Crippen LogP contribution in [0.4, 0.5) is 0 Å². The summed E-state index contributed by atoms with van der Waals surface area (Å²) in [6.07, 6.45) is 11.2. The Bertz CT molecular complexity index is 1620. The van der Waals surface area contributed by atoms with Crippen molar-refractivity contribution in [3.8, 4) is 0 Å². The summed E-state index contributed by atoms with van der Waals surface area (Å²) < 4.78 is 0. The molecule has 0 aromatic heterocycles. The Labute approximate surface area is 372 Å². The fourth-order valence-corrected chi connectivity index (χ4v) is 11.0. The molecule has 6 fully saturated rings. The first-order chi connectivity index (χ1) is 28.5. The van der Waals surface area contributed by atoms with Crippen molar-refractivity contribution >= 4 is 42.6 Å². The second-order valence-corrected chi connectivity index (χ2v) is 21.0. The lowest BCUT2D eigenvalue weighted by atomic mass is 9.73. The van der Waals surface area contributed by atoms with Crippen LogP contribution in [0.1, 0.15) is 133 Å². The number of carbonyl (C=O) groups is 7. The van der Waals surface area contributed by atoms with Gasteiger partial charge in [0.25, 0.3) is 0 Å². The van der Waals surface area contributed by atoms with Gasteiger partial charge in [-0.2, -0.15) is 0 Å². The highest BCUT2D eigenvalue weighted by molar-refractivity contribution is 5.99. The Morgan fingerprint density at radius 3 is 1.84 bits per heavy atom. The number of hydrogen-bond acceptors (Lipinski definition) is 9. The van der Waals surface area contributed by atoms with Crippen molar-refractivity contribution in [1.82, 2.24) is 36.0 Å². The number of fused-ring (bicyclic) bond motifs is 1. The van der Waals surface area contributed by atoms with Crippen molar-refractivity contribution in [3.05, 3.63) is 12.7 Å². The summed E-state index contributed by atoms with van der Waals surface area (Å²) in [5, 5.41) is 11.9. The predicted molar refractivity (Wildman–Crippen MR) is 248 cm³/mol. The van der Waals surface area contributed by atoms with Gasteiger partial charge < -0.3 is 45.6 Å². The second-order valence-electron chi connectivity index (χ2n) is 21.0. The van der Waals surface area contributed by atoms with E-state index in [4.69, 9.17) is 9.59 Å². The molecule has 0 aromatic carbocycles. The van der Waals surface area contributed by atoms with Crippen molar-refractivity contribution in [2.75, 3.05) is 53.4 Å². The van der Waals surface area contributed by atoms with Crippen LogP contribution in [0, 0.1) is 38.9 Å². The maximum atomic E-state index is 14.9. The summed E-state index contributed by atoms with van der Waals surface area (Å²) in [6, 6.07) is -2.61. The summed E-state index contributed by atoms with van der Waals surface area (Å²) in [7, 11) is 3.73. The Balaban J connectivity index is 0. The first-order valence-electron chi connectivity index (χ1n) is 22.6. The number of rotatable bonds is 10. The van der Waals surface area contributed by atoms with E-state index in [-0.39, 0.29) is 57.4 Å². The maximum Gasteiger partial charge on any atom is 0.246 e. The van der Waals surface area contributed by atoms with Gasteiger partial charge >= 0.3 is 0 Å². The number of likely N-dealkylation sites (N-methyl/N-ethyl adjacent to an activating group) is 1. The molecule has 6 rings (SSSR count). The Morgan fingerprint density at radius 2 is 1.43 bits per heavy atom. The molecular weight excluding hydrogens is 775 g/mol. The topological polar surface area (TPSA) is 177 Å². The third-order valence-electron chi connectivity index (χ3n) is 15.1. The maximum absolute atomic E-state index is 14.9. The molecule has 4 N–H and O–H groups in total. The third kappa shape index (κ3) is 10.4. The van der Waals surface area contributed by atoms with Crippen molar-refractivity contribution < 1.29 is 39.3 Å². The van der Waals surface area contributed by atoms with E-state index in [9.17, 15) is 24.0 Å². The fourth-order valence-electron chi connectivity index (χ4n) is 11.0. The molecule has 0 aromatic rings. The molecule has 6 aliphatic rings. The van der Waals surface area contributed by atoms with Gasteiger partial charge in [0.1, 0.15) is 36.7 Å². The minimum atomic E-state index is -1.08. The Kier molecular flexibility index (Phi) is 17.2. The molecule has 3 saturated heterocycles. The van der Waals surface area contributed by atoms with Gasteiger partial charge in [0.05, 0.1) is 5.92 Å². The summed E-state index contributed by atoms with van der Waals surface area (Å²) in [4.78, 5) is 93.2. The molecule has 14 heteroatoms. The highest BCUT2D eigenvalue weighted by Gasteiger charge is 2.85. The lowest BCUT2D eigenvalue weighted by Gasteiger charge is -2.39. The van der Waals surface area contributed by atoms with Gasteiger partial charge in [0, 0.05) is 37.2 Å². The van der Waals surface area contributed by atoms with Crippen LogP contribution in [0.25, 0.3) is 0 Å². The van der Waals surface area contributed by atoms with E-state index in [1.54, 1.807) is 18.0 Å². The van der Waals surface area contributed by atoms with E-state index in [1.165, 1.54) is 32.9 Å². The van der Waals surface area contributed by atoms with Crippen LogP contribution in [0.3, 0.4) is 0 Å². The van der Waals surface area contributed by atoms with Gasteiger partial charge in [-0.3, -0.25) is 24.0 Å². The number of aldehydes is 1. The van der Waals surface area contributed by atoms with Gasteiger partial charge in [-0.25, -0.2) is 0 Å². The van der Waals surface area contributed by atoms with Crippen LogP contribution in [-0.2, 0) is 33.6 Å². The molecule has 7 atom stereocenters. The highest BCUT2D eigenvalue weighted by Crippen LogP contribution is 2.88. The Morgan fingerprint density at radius 1 is 0.852 bits per heavy atom. The molecular formula is C47H89N7O7. The molecule has 3 saturated carbocycles. The normalized spacial score (nSPS) is 29.3. The smallest absolute Gasteiger partial charge is 0.246 e. The van der Waals surface area contributed by atoms with E-state index in [0.717, 1.165) is 51.5 Å². The SMILES string of the molecule is C=C[C@@H]1C[C@]1(NC(=O)[C@@H]1C[C@@]2(CN1C(=O)[C@@H](NC(=O)[C@@H](NC(=O)[C@@H]1CCCN(CC)C1)C(C)(C)C)C(C)(C)C)C(C)(C)C21CCC1)C(=O)NC.C=O.CC=O.CN1CCCC1.[HH].[HH].[HH].[HH]. The molecule has 3 aliphatic heterocycles. The number of likely N-dealkylation sites (tertiary alicyclic amines) is 3. The molecule has 3 aliphatic carbocycles. The zero-order chi connectivity index (χ0) is 46.4. The van der Waals surface area contributed by atoms with E-state index in [0.29, 0.717) is 25.9 Å². The summed E-state index contributed by atoms with van der Waals surface area (Å²) in [5.41, 5.74) is -2.61. The molecule has 2 spiro atoms. The highest BCUT2D eigenvalue weighted by atomic mass is 16.2. The average molecular weight is 864 g/mol. The van der Waals surface area contributed by atoms with Crippen LogP contribution < -0.4 is 21.3 Å². The number of amides is 5. The third-order valence-corrected chi connectivity index (χ3v) is 15.1.